The number of hydrogen-bond donors (Lipinski definition) is 1. The molecule has 0 fully saturated rings. The molecular weight excluding hydrogens is 764 g/mol. The fourth-order valence-electron chi connectivity index (χ4n) is 6.31. The summed E-state index contributed by atoms with van der Waals surface area (Å²) in [5.41, 5.74) is 9.40. The quantitative estimate of drug-likeness (QED) is 0.0853. The number of fused-ring (bicyclic) bond motifs is 3. The predicted molar refractivity (Wildman–Crippen MR) is 174 cm³/mol. The van der Waals surface area contributed by atoms with Gasteiger partial charge >= 0.3 is 6.18 Å². The third kappa shape index (κ3) is 6.41. The van der Waals surface area contributed by atoms with Crippen molar-refractivity contribution in [1.29, 1.82) is 0 Å². The Hall–Kier alpha value is -3.80. The topological polar surface area (TPSA) is 50.2 Å². The predicted octanol–water partition coefficient (Wildman–Crippen LogP) is 10.0. The maximum absolute atomic E-state index is 13.2. The van der Waals surface area contributed by atoms with Crippen LogP contribution in [0, 0.1) is 17.9 Å². The van der Waals surface area contributed by atoms with E-state index in [4.69, 9.17) is 4.98 Å². The molecule has 7 rings (SSSR count). The van der Waals surface area contributed by atoms with Gasteiger partial charge in [-0.2, -0.15) is 13.2 Å². The zero-order valence-electron chi connectivity index (χ0n) is 26.2. The molecule has 1 N–H and O–H groups in total. The molecule has 0 aliphatic heterocycles. The van der Waals surface area contributed by atoms with Gasteiger partial charge in [-0.15, -0.1) is 28.8 Å². The van der Waals surface area contributed by atoms with Crippen LogP contribution in [0.5, 0.6) is 0 Å². The molecule has 0 saturated carbocycles. The third-order valence-corrected chi connectivity index (χ3v) is 8.82. The summed E-state index contributed by atoms with van der Waals surface area (Å²) in [6.07, 6.45) is 2.72. The second-order valence-electron chi connectivity index (χ2n) is 12.5. The number of hydrogen-bond acceptors (Lipinski definition) is 3. The molecule has 2 aliphatic carbocycles. The molecule has 3 nitrogen and oxygen atoms in total. The number of benzene rings is 4. The number of ketones is 1. The van der Waals surface area contributed by atoms with E-state index in [0.29, 0.717) is 5.39 Å². The summed E-state index contributed by atoms with van der Waals surface area (Å²) in [6.45, 7) is 7.32. The van der Waals surface area contributed by atoms with Crippen LogP contribution in [0.4, 0.5) is 13.2 Å². The molecule has 0 bridgehead atoms. The number of carbonyl (C=O) groups is 1. The molecular formula is C39H35F3IrNO2-. The monoisotopic (exact) mass is 799 g/mol. The molecule has 1 aromatic heterocycles. The fourth-order valence-corrected chi connectivity index (χ4v) is 6.31. The van der Waals surface area contributed by atoms with Gasteiger partial charge in [-0.25, -0.2) is 0 Å². The largest absolute Gasteiger partial charge is 0.512 e. The number of aliphatic hydroxyl groups is 1. The van der Waals surface area contributed by atoms with Crippen LogP contribution in [0.1, 0.15) is 55.5 Å². The minimum Gasteiger partial charge on any atom is -0.512 e. The Kier molecular flexibility index (Phi) is 9.58. The van der Waals surface area contributed by atoms with Crippen molar-refractivity contribution in [3.63, 3.8) is 0 Å². The van der Waals surface area contributed by atoms with Crippen molar-refractivity contribution in [2.75, 3.05) is 0 Å². The Morgan fingerprint density at radius 3 is 2.17 bits per heavy atom. The summed E-state index contributed by atoms with van der Waals surface area (Å²) in [7, 11) is 0. The van der Waals surface area contributed by atoms with Crippen molar-refractivity contribution < 1.29 is 43.2 Å². The second-order valence-corrected chi connectivity index (χ2v) is 12.5. The summed E-state index contributed by atoms with van der Waals surface area (Å²) in [5.74, 6) is 0.161. The van der Waals surface area contributed by atoms with E-state index in [0.717, 1.165) is 59.2 Å². The summed E-state index contributed by atoms with van der Waals surface area (Å²) >= 11 is 0. The molecule has 0 saturated heterocycles. The first-order chi connectivity index (χ1) is 21.4. The summed E-state index contributed by atoms with van der Waals surface area (Å²) < 4.78 is 39.6. The van der Waals surface area contributed by atoms with Crippen molar-refractivity contribution in [3.8, 4) is 22.4 Å². The molecule has 1 radical (unpaired) electrons. The van der Waals surface area contributed by atoms with Gasteiger partial charge < -0.3 is 10.1 Å². The van der Waals surface area contributed by atoms with E-state index in [2.05, 4.69) is 30.3 Å². The van der Waals surface area contributed by atoms with E-state index in [1.54, 1.807) is 18.3 Å². The molecule has 46 heavy (non-hydrogen) atoms. The Morgan fingerprint density at radius 1 is 0.826 bits per heavy atom. The smallest absolute Gasteiger partial charge is 0.416 e. The van der Waals surface area contributed by atoms with Crippen molar-refractivity contribution >= 4 is 27.3 Å². The fraction of sp³-hybridized carbons (Fsp3) is 0.282. The van der Waals surface area contributed by atoms with Gasteiger partial charge in [-0.1, -0.05) is 75.2 Å². The van der Waals surface area contributed by atoms with Gasteiger partial charge in [-0.05, 0) is 82.2 Å². The van der Waals surface area contributed by atoms with E-state index in [9.17, 15) is 23.1 Å². The van der Waals surface area contributed by atoms with Crippen molar-refractivity contribution in [2.24, 2.45) is 11.8 Å². The normalized spacial score (nSPS) is 13.7. The molecule has 0 atom stereocenters. The number of rotatable bonds is 4. The van der Waals surface area contributed by atoms with Crippen molar-refractivity contribution in [3.05, 3.63) is 113 Å². The zero-order chi connectivity index (χ0) is 32.0. The van der Waals surface area contributed by atoms with Crippen LogP contribution in [0.3, 0.4) is 0 Å². The molecule has 0 spiro atoms. The van der Waals surface area contributed by atoms with Crippen LogP contribution in [-0.2, 0) is 56.8 Å². The van der Waals surface area contributed by atoms with Crippen LogP contribution in [0.15, 0.2) is 78.7 Å². The van der Waals surface area contributed by atoms with Gasteiger partial charge in [0.05, 0.1) is 11.3 Å². The molecule has 5 aromatic rings. The Balaban J connectivity index is 0.000000302. The maximum atomic E-state index is 13.2. The summed E-state index contributed by atoms with van der Waals surface area (Å²) in [6, 6.07) is 22.1. The molecule has 0 unspecified atom stereocenters. The van der Waals surface area contributed by atoms with Crippen LogP contribution >= 0.6 is 0 Å². The van der Waals surface area contributed by atoms with Gasteiger partial charge in [0.25, 0.3) is 0 Å². The zero-order valence-corrected chi connectivity index (χ0v) is 28.6. The molecule has 7 heteroatoms. The maximum Gasteiger partial charge on any atom is 0.416 e. The average Bonchev–Trinajstić information content (AvgIpc) is 3.02. The Morgan fingerprint density at radius 2 is 1.50 bits per heavy atom. The minimum absolute atomic E-state index is 0. The standard InChI is InChI=1S/C30H19F3N.C9H16O2.Ir/c31-30(32,33)23-9-11-24-19(16-23)8-10-26-25(24)12-13-34-29(26)22-14-20-6-4-17-2-1-3-18-5-7-21(15-22)28(20)27(17)18;1-6(2)8(10)5-9(11)7(3)4;/h1-3,8-14,16H,4-7H2;5-7,10H,1-4H3;/q-1;;/b;8-5-;. The van der Waals surface area contributed by atoms with Gasteiger partial charge in [0.15, 0.2) is 5.78 Å². The number of alkyl halides is 3. The molecule has 239 valence electrons. The molecule has 1 heterocycles. The number of pyridine rings is 1. The number of nitrogens with zero attached hydrogens (tertiary/aromatic N) is 1. The van der Waals surface area contributed by atoms with Gasteiger partial charge in [0.1, 0.15) is 0 Å². The molecule has 2 aliphatic rings. The van der Waals surface area contributed by atoms with Gasteiger partial charge in [-0.3, -0.25) is 4.79 Å². The van der Waals surface area contributed by atoms with Crippen molar-refractivity contribution in [2.45, 2.75) is 59.6 Å². The van der Waals surface area contributed by atoms with Crippen LogP contribution < -0.4 is 0 Å². The first kappa shape index (κ1) is 33.6. The van der Waals surface area contributed by atoms with Crippen LogP contribution in [0.25, 0.3) is 43.9 Å². The second kappa shape index (κ2) is 13.1. The number of aryl methyl sites for hydroxylation is 4. The number of aromatic nitrogens is 1. The van der Waals surface area contributed by atoms with Gasteiger partial charge in [0, 0.05) is 44.2 Å². The Labute approximate surface area is 280 Å². The van der Waals surface area contributed by atoms with Crippen molar-refractivity contribution in [1.82, 2.24) is 4.98 Å². The van der Waals surface area contributed by atoms with Crippen LogP contribution in [0.2, 0.25) is 0 Å². The number of carbonyl (C=O) groups excluding carboxylic acids is 1. The minimum atomic E-state index is -4.36. The van der Waals surface area contributed by atoms with Crippen LogP contribution in [-0.4, -0.2) is 15.9 Å². The van der Waals surface area contributed by atoms with E-state index >= 15 is 0 Å². The van der Waals surface area contributed by atoms with E-state index in [-0.39, 0.29) is 43.5 Å². The van der Waals surface area contributed by atoms with E-state index < -0.39 is 11.7 Å². The SMILES string of the molecule is CC(C)C(=O)/C=C(\O)C(C)C.FC(F)(F)c1ccc2c(ccc3c(-c4[c-]c5c6c(c4)CCc4cccc(c4-6)CC5)nccc32)c1.[Ir]. The number of allylic oxidation sites excluding steroid dienone is 2. The average molecular weight is 799 g/mol. The third-order valence-electron chi connectivity index (χ3n) is 8.82. The summed E-state index contributed by atoms with van der Waals surface area (Å²) in [5, 5.41) is 12.4. The number of halogens is 3. The summed E-state index contributed by atoms with van der Waals surface area (Å²) in [4.78, 5) is 15.7. The number of aliphatic hydroxyl groups excluding tert-OH is 1. The van der Waals surface area contributed by atoms with E-state index in [1.807, 2.05) is 39.8 Å². The first-order valence-electron chi connectivity index (χ1n) is 15.4. The molecule has 0 amide bonds. The van der Waals surface area contributed by atoms with E-state index in [1.165, 1.54) is 45.5 Å². The first-order valence-corrected chi connectivity index (χ1v) is 15.4. The molecule has 4 aromatic carbocycles. The Bertz CT molecular complexity index is 1940. The van der Waals surface area contributed by atoms with Gasteiger partial charge in [0.2, 0.25) is 0 Å².